The molecule has 1 heterocycles. The molecular formula is C20H20ClF3N2O3S. The highest BCUT2D eigenvalue weighted by Crippen LogP contribution is 2.47. The summed E-state index contributed by atoms with van der Waals surface area (Å²) in [5, 5.41) is 3.08. The van der Waals surface area contributed by atoms with Gasteiger partial charge in [0, 0.05) is 12.1 Å². The average molecular weight is 461 g/mol. The molecule has 0 unspecified atom stereocenters. The number of hydrogen-bond acceptors (Lipinski definition) is 4. The van der Waals surface area contributed by atoms with Crippen LogP contribution < -0.4 is 5.32 Å². The molecule has 1 aromatic heterocycles. The van der Waals surface area contributed by atoms with Gasteiger partial charge in [-0.2, -0.15) is 13.2 Å². The van der Waals surface area contributed by atoms with Crippen molar-refractivity contribution in [3.63, 3.8) is 0 Å². The zero-order valence-electron chi connectivity index (χ0n) is 16.2. The van der Waals surface area contributed by atoms with Crippen molar-refractivity contribution < 1.29 is 26.4 Å². The summed E-state index contributed by atoms with van der Waals surface area (Å²) >= 11 is 5.75. The molecule has 1 N–H and O–H groups in total. The number of halogens is 4. The number of hydrogen-bond donors (Lipinski definition) is 1. The fourth-order valence-corrected chi connectivity index (χ4v) is 5.33. The highest BCUT2D eigenvalue weighted by atomic mass is 35.5. The van der Waals surface area contributed by atoms with E-state index in [2.05, 4.69) is 10.3 Å². The van der Waals surface area contributed by atoms with Gasteiger partial charge in [0.2, 0.25) is 5.91 Å². The number of carbonyl (C=O) groups is 1. The predicted molar refractivity (Wildman–Crippen MR) is 107 cm³/mol. The lowest BCUT2D eigenvalue weighted by Crippen LogP contribution is -2.49. The normalized spacial score (nSPS) is 19.8. The maximum atomic E-state index is 13.1. The largest absolute Gasteiger partial charge is 0.416 e. The third-order valence-corrected chi connectivity index (χ3v) is 8.45. The molecule has 5 nitrogen and oxygen atoms in total. The fraction of sp³-hybridized carbons (Fsp3) is 0.400. The average Bonchev–Trinajstić information content (AvgIpc) is 2.61. The molecule has 1 aromatic carbocycles. The highest BCUT2D eigenvalue weighted by Gasteiger charge is 2.50. The van der Waals surface area contributed by atoms with E-state index in [1.54, 1.807) is 12.1 Å². The zero-order chi connectivity index (χ0) is 22.3. The Kier molecular flexibility index (Phi) is 5.90. The van der Waals surface area contributed by atoms with Crippen LogP contribution in [0.3, 0.4) is 0 Å². The van der Waals surface area contributed by atoms with Gasteiger partial charge in [0.25, 0.3) is 0 Å². The molecule has 1 fully saturated rings. The zero-order valence-corrected chi connectivity index (χ0v) is 17.8. The van der Waals surface area contributed by atoms with E-state index in [4.69, 9.17) is 11.6 Å². The number of benzene rings is 1. The second-order valence-electron chi connectivity index (χ2n) is 7.85. The van der Waals surface area contributed by atoms with E-state index in [0.29, 0.717) is 29.7 Å². The van der Waals surface area contributed by atoms with Crippen molar-refractivity contribution >= 4 is 33.2 Å². The Hall–Kier alpha value is -2.13. The van der Waals surface area contributed by atoms with Crippen LogP contribution in [-0.4, -0.2) is 24.1 Å². The smallest absolute Gasteiger partial charge is 0.310 e. The van der Waals surface area contributed by atoms with Crippen molar-refractivity contribution in [3.05, 3.63) is 53.2 Å². The molecule has 1 aliphatic rings. The molecule has 0 aliphatic heterocycles. The van der Waals surface area contributed by atoms with Gasteiger partial charge in [0.15, 0.2) is 9.84 Å². The Morgan fingerprint density at radius 2 is 1.83 bits per heavy atom. The number of carbonyl (C=O) groups excluding carboxylic acids is 1. The van der Waals surface area contributed by atoms with E-state index in [0.717, 1.165) is 12.1 Å². The van der Waals surface area contributed by atoms with Crippen molar-refractivity contribution in [1.82, 2.24) is 4.98 Å². The molecule has 162 valence electrons. The van der Waals surface area contributed by atoms with Crippen molar-refractivity contribution in [2.24, 2.45) is 11.8 Å². The summed E-state index contributed by atoms with van der Waals surface area (Å²) in [6, 6.07) is 6.88. The number of aromatic nitrogens is 1. The third kappa shape index (κ3) is 4.32. The molecule has 0 atom stereocenters. The van der Waals surface area contributed by atoms with Crippen molar-refractivity contribution in [1.29, 1.82) is 0 Å². The van der Waals surface area contributed by atoms with Gasteiger partial charge < -0.3 is 5.32 Å². The molecule has 0 saturated heterocycles. The molecule has 0 bridgehead atoms. The van der Waals surface area contributed by atoms with Crippen LogP contribution in [0.4, 0.5) is 19.0 Å². The standard InChI is InChI=1S/C20H20ClF3N2O3S/c1-19(2,30(28,29)16-5-3-4-13(10-16)20(22,23)24)14-8-12(9-14)18(27)26-17-7-6-15(21)11-25-17/h3-7,10-12,14H,8-9H2,1-2H3,(H,25,26,27)/t12-,14-. The van der Waals surface area contributed by atoms with Gasteiger partial charge in [-0.25, -0.2) is 13.4 Å². The Morgan fingerprint density at radius 1 is 1.17 bits per heavy atom. The second-order valence-corrected chi connectivity index (χ2v) is 10.8. The number of amides is 1. The molecular weight excluding hydrogens is 441 g/mol. The molecule has 0 spiro atoms. The quantitative estimate of drug-likeness (QED) is 0.683. The molecule has 1 amide bonds. The van der Waals surface area contributed by atoms with E-state index < -0.39 is 32.2 Å². The topological polar surface area (TPSA) is 76.1 Å². The van der Waals surface area contributed by atoms with E-state index in [1.807, 2.05) is 0 Å². The van der Waals surface area contributed by atoms with Gasteiger partial charge in [-0.15, -0.1) is 0 Å². The minimum Gasteiger partial charge on any atom is -0.310 e. The van der Waals surface area contributed by atoms with Gasteiger partial charge in [-0.3, -0.25) is 4.79 Å². The molecule has 0 radical (unpaired) electrons. The third-order valence-electron chi connectivity index (χ3n) is 5.63. The van der Waals surface area contributed by atoms with Gasteiger partial charge >= 0.3 is 6.18 Å². The van der Waals surface area contributed by atoms with E-state index in [9.17, 15) is 26.4 Å². The molecule has 3 rings (SSSR count). The SMILES string of the molecule is CC(C)([C@H]1C[C@H](C(=O)Nc2ccc(Cl)cn2)C1)S(=O)(=O)c1cccc(C(F)(F)F)c1. The number of anilines is 1. The summed E-state index contributed by atoms with van der Waals surface area (Å²) in [7, 11) is -4.05. The highest BCUT2D eigenvalue weighted by molar-refractivity contribution is 7.92. The number of nitrogens with zero attached hydrogens (tertiary/aromatic N) is 1. The van der Waals surface area contributed by atoms with Crippen LogP contribution in [0.1, 0.15) is 32.3 Å². The van der Waals surface area contributed by atoms with Gasteiger partial charge in [-0.1, -0.05) is 17.7 Å². The maximum Gasteiger partial charge on any atom is 0.416 e. The first-order valence-electron chi connectivity index (χ1n) is 9.16. The lowest BCUT2D eigenvalue weighted by atomic mass is 9.68. The van der Waals surface area contributed by atoms with Crippen LogP contribution >= 0.6 is 11.6 Å². The number of nitrogens with one attached hydrogen (secondary N) is 1. The van der Waals surface area contributed by atoms with Crippen LogP contribution in [-0.2, 0) is 20.8 Å². The summed E-state index contributed by atoms with van der Waals surface area (Å²) in [6.45, 7) is 2.98. The Labute approximate surface area is 177 Å². The number of alkyl halides is 3. The summed E-state index contributed by atoms with van der Waals surface area (Å²) in [6.07, 6.45) is -2.62. The first-order valence-corrected chi connectivity index (χ1v) is 11.0. The van der Waals surface area contributed by atoms with Crippen molar-refractivity contribution in [2.45, 2.75) is 42.5 Å². The Bertz CT molecular complexity index is 1050. The molecule has 30 heavy (non-hydrogen) atoms. The fourth-order valence-electron chi connectivity index (χ4n) is 3.44. The van der Waals surface area contributed by atoms with Crippen molar-refractivity contribution in [2.75, 3.05) is 5.32 Å². The van der Waals surface area contributed by atoms with Gasteiger partial charge in [0.1, 0.15) is 5.82 Å². The van der Waals surface area contributed by atoms with E-state index in [1.165, 1.54) is 26.1 Å². The summed E-state index contributed by atoms with van der Waals surface area (Å²) in [5.74, 6) is -0.716. The van der Waals surface area contributed by atoms with Crippen molar-refractivity contribution in [3.8, 4) is 0 Å². The predicted octanol–water partition coefficient (Wildman–Crippen LogP) is 4.97. The van der Waals surface area contributed by atoms with E-state index in [-0.39, 0.29) is 16.7 Å². The lowest BCUT2D eigenvalue weighted by molar-refractivity contribution is -0.137. The van der Waals surface area contributed by atoms with Gasteiger partial charge in [-0.05, 0) is 62.9 Å². The minimum absolute atomic E-state index is 0.284. The second kappa shape index (κ2) is 7.85. The monoisotopic (exact) mass is 460 g/mol. The molecule has 1 aliphatic carbocycles. The maximum absolute atomic E-state index is 13.1. The summed E-state index contributed by atoms with van der Waals surface area (Å²) < 4.78 is 63.8. The van der Waals surface area contributed by atoms with Crippen LogP contribution in [0.15, 0.2) is 47.5 Å². The summed E-state index contributed by atoms with van der Waals surface area (Å²) in [4.78, 5) is 16.0. The van der Waals surface area contributed by atoms with Crippen LogP contribution in [0.25, 0.3) is 0 Å². The minimum atomic E-state index is -4.63. The number of pyridine rings is 1. The number of sulfone groups is 1. The van der Waals surface area contributed by atoms with E-state index >= 15 is 0 Å². The lowest BCUT2D eigenvalue weighted by Gasteiger charge is -2.44. The number of rotatable bonds is 5. The first-order chi connectivity index (χ1) is 13.8. The van der Waals surface area contributed by atoms with Gasteiger partial charge in [0.05, 0.1) is 20.2 Å². The Balaban J connectivity index is 1.71. The molecule has 10 heteroatoms. The van der Waals surface area contributed by atoms with Crippen LogP contribution in [0.2, 0.25) is 5.02 Å². The van der Waals surface area contributed by atoms with Crippen LogP contribution in [0.5, 0.6) is 0 Å². The van der Waals surface area contributed by atoms with Crippen LogP contribution in [0, 0.1) is 11.8 Å². The Morgan fingerprint density at radius 3 is 2.40 bits per heavy atom. The molecule has 2 aromatic rings. The first kappa shape index (κ1) is 22.6. The molecule has 1 saturated carbocycles. The summed E-state index contributed by atoms with van der Waals surface area (Å²) in [5.41, 5.74) is -1.01.